The second-order valence-corrected chi connectivity index (χ2v) is 4.91. The maximum absolute atomic E-state index is 11.4. The first kappa shape index (κ1) is 15.4. The van der Waals surface area contributed by atoms with Crippen LogP contribution >= 0.6 is 0 Å². The Morgan fingerprint density at radius 1 is 1.19 bits per heavy atom. The molecule has 0 aliphatic heterocycles. The van der Waals surface area contributed by atoms with Gasteiger partial charge in [-0.15, -0.1) is 0 Å². The molecule has 96 valence electrons. The maximum atomic E-state index is 11.4. The third-order valence-corrected chi connectivity index (χ3v) is 1.81. The van der Waals surface area contributed by atoms with E-state index in [4.69, 9.17) is 4.74 Å². The molecule has 0 spiro atoms. The van der Waals surface area contributed by atoms with Gasteiger partial charge in [0.2, 0.25) is 5.91 Å². The molecule has 4 heteroatoms. The molecule has 0 aromatic carbocycles. The van der Waals surface area contributed by atoms with Crippen LogP contribution in [0.2, 0.25) is 0 Å². The monoisotopic (exact) mass is 230 g/mol. The van der Waals surface area contributed by atoms with Crippen LogP contribution in [0.15, 0.2) is 0 Å². The van der Waals surface area contributed by atoms with E-state index >= 15 is 0 Å². The Hall–Kier alpha value is -0.610. The smallest absolute Gasteiger partial charge is 0.221 e. The predicted octanol–water partition coefficient (Wildman–Crippen LogP) is 1.31. The van der Waals surface area contributed by atoms with Crippen LogP contribution < -0.4 is 10.6 Å². The maximum Gasteiger partial charge on any atom is 0.221 e. The van der Waals surface area contributed by atoms with Gasteiger partial charge >= 0.3 is 0 Å². The standard InChI is InChI=1S/C12H26N2O2/c1-5-9-16-10-8-13-7-6-11(15)14-12(2,3)4/h13H,5-10H2,1-4H3,(H,14,15). The van der Waals surface area contributed by atoms with Crippen molar-refractivity contribution in [2.24, 2.45) is 0 Å². The highest BCUT2D eigenvalue weighted by Crippen LogP contribution is 1.98. The van der Waals surface area contributed by atoms with E-state index < -0.39 is 0 Å². The van der Waals surface area contributed by atoms with Crippen molar-refractivity contribution in [2.45, 2.75) is 46.1 Å². The van der Waals surface area contributed by atoms with Crippen molar-refractivity contribution in [1.82, 2.24) is 10.6 Å². The fourth-order valence-corrected chi connectivity index (χ4v) is 1.20. The van der Waals surface area contributed by atoms with Crippen LogP contribution in [0.5, 0.6) is 0 Å². The average Bonchev–Trinajstić information content (AvgIpc) is 2.13. The lowest BCUT2D eigenvalue weighted by atomic mass is 10.1. The van der Waals surface area contributed by atoms with E-state index in [1.54, 1.807) is 0 Å². The van der Waals surface area contributed by atoms with Crippen molar-refractivity contribution in [3.8, 4) is 0 Å². The van der Waals surface area contributed by atoms with E-state index in [2.05, 4.69) is 17.6 Å². The highest BCUT2D eigenvalue weighted by atomic mass is 16.5. The van der Waals surface area contributed by atoms with E-state index in [1.165, 1.54) is 0 Å². The number of hydrogen-bond donors (Lipinski definition) is 2. The fraction of sp³-hybridized carbons (Fsp3) is 0.917. The zero-order valence-corrected chi connectivity index (χ0v) is 11.1. The number of amides is 1. The molecule has 1 amide bonds. The summed E-state index contributed by atoms with van der Waals surface area (Å²) >= 11 is 0. The molecule has 4 nitrogen and oxygen atoms in total. The molecule has 16 heavy (non-hydrogen) atoms. The molecule has 0 saturated heterocycles. The Bertz CT molecular complexity index is 188. The van der Waals surface area contributed by atoms with Crippen molar-refractivity contribution in [2.75, 3.05) is 26.3 Å². The Morgan fingerprint density at radius 2 is 1.88 bits per heavy atom. The summed E-state index contributed by atoms with van der Waals surface area (Å²) in [7, 11) is 0. The molecule has 0 aromatic rings. The molecule has 0 unspecified atom stereocenters. The first-order valence-electron chi connectivity index (χ1n) is 6.05. The molecule has 0 aliphatic rings. The minimum Gasteiger partial charge on any atom is -0.380 e. The number of rotatable bonds is 8. The summed E-state index contributed by atoms with van der Waals surface area (Å²) in [5.74, 6) is 0.0921. The lowest BCUT2D eigenvalue weighted by Crippen LogP contribution is -2.41. The summed E-state index contributed by atoms with van der Waals surface area (Å²) < 4.78 is 5.31. The highest BCUT2D eigenvalue weighted by molar-refractivity contribution is 5.76. The van der Waals surface area contributed by atoms with Crippen molar-refractivity contribution < 1.29 is 9.53 Å². The van der Waals surface area contributed by atoms with Crippen LogP contribution in [0.4, 0.5) is 0 Å². The van der Waals surface area contributed by atoms with Crippen LogP contribution in [0.3, 0.4) is 0 Å². The SMILES string of the molecule is CCCOCCNCCC(=O)NC(C)(C)C. The predicted molar refractivity (Wildman–Crippen MR) is 66.5 cm³/mol. The Labute approximate surface area is 99.1 Å². The van der Waals surface area contributed by atoms with E-state index in [9.17, 15) is 4.79 Å². The summed E-state index contributed by atoms with van der Waals surface area (Å²) in [5, 5.41) is 6.10. The molecule has 0 radical (unpaired) electrons. The van der Waals surface area contributed by atoms with Crippen LogP contribution in [-0.4, -0.2) is 37.7 Å². The minimum absolute atomic E-state index is 0.0921. The summed E-state index contributed by atoms with van der Waals surface area (Å²) in [5.41, 5.74) is -0.138. The van der Waals surface area contributed by atoms with E-state index in [1.807, 2.05) is 20.8 Å². The van der Waals surface area contributed by atoms with Gasteiger partial charge in [0.05, 0.1) is 6.61 Å². The first-order valence-corrected chi connectivity index (χ1v) is 6.05. The van der Waals surface area contributed by atoms with Gasteiger partial charge in [-0.05, 0) is 27.2 Å². The molecular formula is C12H26N2O2. The summed E-state index contributed by atoms with van der Waals surface area (Å²) in [6, 6.07) is 0. The van der Waals surface area contributed by atoms with Gasteiger partial charge < -0.3 is 15.4 Å². The average molecular weight is 230 g/mol. The molecule has 0 aromatic heterocycles. The topological polar surface area (TPSA) is 50.4 Å². The van der Waals surface area contributed by atoms with Crippen molar-refractivity contribution in [3.63, 3.8) is 0 Å². The van der Waals surface area contributed by atoms with Crippen LogP contribution in [0, 0.1) is 0 Å². The summed E-state index contributed by atoms with van der Waals surface area (Å²) in [6.45, 7) is 11.1. The zero-order valence-electron chi connectivity index (χ0n) is 11.1. The number of nitrogens with one attached hydrogen (secondary N) is 2. The highest BCUT2D eigenvalue weighted by Gasteiger charge is 2.12. The minimum atomic E-state index is -0.138. The molecule has 0 atom stereocenters. The van der Waals surface area contributed by atoms with Crippen LogP contribution in [0.1, 0.15) is 40.5 Å². The third kappa shape index (κ3) is 11.5. The van der Waals surface area contributed by atoms with Crippen LogP contribution in [-0.2, 0) is 9.53 Å². The largest absolute Gasteiger partial charge is 0.380 e. The van der Waals surface area contributed by atoms with Gasteiger partial charge in [0.15, 0.2) is 0 Å². The molecule has 0 aliphatic carbocycles. The lowest BCUT2D eigenvalue weighted by molar-refractivity contribution is -0.122. The van der Waals surface area contributed by atoms with Crippen molar-refractivity contribution in [1.29, 1.82) is 0 Å². The number of carbonyl (C=O) groups excluding carboxylic acids is 1. The molecule has 2 N–H and O–H groups in total. The van der Waals surface area contributed by atoms with Gasteiger partial charge in [-0.3, -0.25) is 4.79 Å². The fourth-order valence-electron chi connectivity index (χ4n) is 1.20. The van der Waals surface area contributed by atoms with E-state index in [0.29, 0.717) is 19.6 Å². The normalized spacial score (nSPS) is 11.5. The molecule has 0 heterocycles. The molecule has 0 bridgehead atoms. The zero-order chi connectivity index (χ0) is 12.4. The second-order valence-electron chi connectivity index (χ2n) is 4.91. The molecule has 0 rings (SSSR count). The van der Waals surface area contributed by atoms with Gasteiger partial charge in [-0.1, -0.05) is 6.92 Å². The summed E-state index contributed by atoms with van der Waals surface area (Å²) in [6.07, 6.45) is 1.57. The number of ether oxygens (including phenoxy) is 1. The van der Waals surface area contributed by atoms with Gasteiger partial charge in [0.25, 0.3) is 0 Å². The van der Waals surface area contributed by atoms with Gasteiger partial charge in [-0.2, -0.15) is 0 Å². The number of hydrogen-bond acceptors (Lipinski definition) is 3. The van der Waals surface area contributed by atoms with Crippen LogP contribution in [0.25, 0.3) is 0 Å². The van der Waals surface area contributed by atoms with Crippen molar-refractivity contribution in [3.05, 3.63) is 0 Å². The van der Waals surface area contributed by atoms with Crippen molar-refractivity contribution >= 4 is 5.91 Å². The second kappa shape index (κ2) is 8.53. The Balaban J connectivity index is 3.28. The first-order chi connectivity index (χ1) is 7.45. The number of carbonyl (C=O) groups is 1. The Morgan fingerprint density at radius 3 is 2.44 bits per heavy atom. The third-order valence-electron chi connectivity index (χ3n) is 1.81. The molecule has 0 saturated carbocycles. The van der Waals surface area contributed by atoms with Gasteiger partial charge in [-0.25, -0.2) is 0 Å². The lowest BCUT2D eigenvalue weighted by Gasteiger charge is -2.20. The van der Waals surface area contributed by atoms with E-state index in [0.717, 1.165) is 19.6 Å². The quantitative estimate of drug-likeness (QED) is 0.618. The Kier molecular flexibility index (Phi) is 8.21. The molecule has 0 fully saturated rings. The van der Waals surface area contributed by atoms with Gasteiger partial charge in [0.1, 0.15) is 0 Å². The summed E-state index contributed by atoms with van der Waals surface area (Å²) in [4.78, 5) is 11.4. The van der Waals surface area contributed by atoms with E-state index in [-0.39, 0.29) is 11.4 Å². The molecular weight excluding hydrogens is 204 g/mol. The van der Waals surface area contributed by atoms with Gasteiger partial charge in [0, 0.05) is 31.7 Å².